The summed E-state index contributed by atoms with van der Waals surface area (Å²) in [7, 11) is 0. The molecule has 0 bridgehead atoms. The first-order valence-corrected chi connectivity index (χ1v) is 8.09. The second kappa shape index (κ2) is 7.90. The molecule has 0 aromatic heterocycles. The molecule has 0 aliphatic heterocycles. The summed E-state index contributed by atoms with van der Waals surface area (Å²) < 4.78 is 39.8. The van der Waals surface area contributed by atoms with Gasteiger partial charge < -0.3 is 10.6 Å². The van der Waals surface area contributed by atoms with Crippen LogP contribution in [0.4, 0.5) is 23.7 Å². The molecule has 0 saturated carbocycles. The van der Waals surface area contributed by atoms with Crippen molar-refractivity contribution in [3.05, 3.63) is 63.1 Å². The Bertz CT molecular complexity index is 738. The van der Waals surface area contributed by atoms with E-state index in [9.17, 15) is 18.0 Å². The van der Waals surface area contributed by atoms with Crippen LogP contribution in [0, 0.1) is 0 Å². The topological polar surface area (TPSA) is 41.1 Å². The number of carbonyl (C=O) groups is 1. The van der Waals surface area contributed by atoms with Crippen LogP contribution in [-0.4, -0.2) is 12.6 Å². The highest BCUT2D eigenvalue weighted by atomic mass is 79.9. The van der Waals surface area contributed by atoms with E-state index >= 15 is 0 Å². The first-order chi connectivity index (χ1) is 11.3. The number of hydrogen-bond donors (Lipinski definition) is 2. The van der Waals surface area contributed by atoms with Crippen LogP contribution in [-0.2, 0) is 12.6 Å². The predicted molar refractivity (Wildman–Crippen MR) is 91.3 cm³/mol. The molecule has 0 aliphatic rings. The zero-order valence-corrected chi connectivity index (χ0v) is 14.6. The van der Waals surface area contributed by atoms with Crippen LogP contribution >= 0.6 is 27.5 Å². The van der Waals surface area contributed by atoms with Crippen molar-refractivity contribution in [3.63, 3.8) is 0 Å². The van der Waals surface area contributed by atoms with E-state index in [1.165, 1.54) is 6.07 Å². The zero-order chi connectivity index (χ0) is 17.7. The number of rotatable bonds is 4. The summed E-state index contributed by atoms with van der Waals surface area (Å²) in [6.45, 7) is 0.281. The molecule has 0 atom stereocenters. The summed E-state index contributed by atoms with van der Waals surface area (Å²) >= 11 is 8.98. The van der Waals surface area contributed by atoms with E-state index in [4.69, 9.17) is 11.6 Å². The Labute approximate surface area is 150 Å². The van der Waals surface area contributed by atoms with E-state index in [1.807, 2.05) is 24.3 Å². The third kappa shape index (κ3) is 5.14. The minimum absolute atomic E-state index is 0.0535. The van der Waals surface area contributed by atoms with E-state index in [-0.39, 0.29) is 17.3 Å². The summed E-state index contributed by atoms with van der Waals surface area (Å²) in [5, 5.41) is 4.68. The maximum Gasteiger partial charge on any atom is 0.418 e. The standard InChI is InChI=1S/C16H13BrClF3N2O/c17-13-4-2-1-3-10(13)7-8-22-15(24)23-14-6-5-11(18)9-12(14)16(19,20)21/h1-6,9H,7-8H2,(H2,22,23,24). The van der Waals surface area contributed by atoms with E-state index in [0.717, 1.165) is 22.2 Å². The van der Waals surface area contributed by atoms with Crippen LogP contribution in [0.15, 0.2) is 46.9 Å². The normalized spacial score (nSPS) is 11.2. The molecule has 0 heterocycles. The highest BCUT2D eigenvalue weighted by Gasteiger charge is 2.34. The number of carbonyl (C=O) groups excluding carboxylic acids is 1. The number of halogens is 5. The van der Waals surface area contributed by atoms with E-state index in [2.05, 4.69) is 26.6 Å². The monoisotopic (exact) mass is 420 g/mol. The van der Waals surface area contributed by atoms with E-state index in [0.29, 0.717) is 6.42 Å². The Kier molecular flexibility index (Phi) is 6.12. The molecule has 0 fully saturated rings. The second-order valence-electron chi connectivity index (χ2n) is 4.91. The quantitative estimate of drug-likeness (QED) is 0.674. The fourth-order valence-electron chi connectivity index (χ4n) is 2.04. The van der Waals surface area contributed by atoms with Crippen molar-refractivity contribution in [3.8, 4) is 0 Å². The number of anilines is 1. The number of benzene rings is 2. The van der Waals surface area contributed by atoms with Crippen LogP contribution < -0.4 is 10.6 Å². The van der Waals surface area contributed by atoms with Gasteiger partial charge in [-0.2, -0.15) is 13.2 Å². The lowest BCUT2D eigenvalue weighted by atomic mass is 10.1. The summed E-state index contributed by atoms with van der Waals surface area (Å²) in [5.41, 5.74) is -0.346. The molecule has 2 N–H and O–H groups in total. The summed E-state index contributed by atoms with van der Waals surface area (Å²) in [6.07, 6.45) is -4.07. The summed E-state index contributed by atoms with van der Waals surface area (Å²) in [4.78, 5) is 11.8. The van der Waals surface area contributed by atoms with Gasteiger partial charge >= 0.3 is 12.2 Å². The number of hydrogen-bond acceptors (Lipinski definition) is 1. The smallest absolute Gasteiger partial charge is 0.338 e. The van der Waals surface area contributed by atoms with Gasteiger partial charge in [0.2, 0.25) is 0 Å². The van der Waals surface area contributed by atoms with Crippen LogP contribution in [0.5, 0.6) is 0 Å². The van der Waals surface area contributed by atoms with Gasteiger partial charge in [-0.05, 0) is 36.2 Å². The Balaban J connectivity index is 1.97. The van der Waals surface area contributed by atoms with Crippen molar-refractivity contribution < 1.29 is 18.0 Å². The van der Waals surface area contributed by atoms with Gasteiger partial charge in [-0.1, -0.05) is 45.7 Å². The second-order valence-corrected chi connectivity index (χ2v) is 6.20. The van der Waals surface area contributed by atoms with Crippen LogP contribution in [0.2, 0.25) is 5.02 Å². The van der Waals surface area contributed by atoms with Crippen molar-refractivity contribution in [2.24, 2.45) is 0 Å². The Morgan fingerprint density at radius 1 is 1.17 bits per heavy atom. The fraction of sp³-hybridized carbons (Fsp3) is 0.188. The SMILES string of the molecule is O=C(NCCc1ccccc1Br)Nc1ccc(Cl)cc1C(F)(F)F. The van der Waals surface area contributed by atoms with Crippen molar-refractivity contribution in [1.29, 1.82) is 0 Å². The highest BCUT2D eigenvalue weighted by Crippen LogP contribution is 2.36. The molecule has 0 unspecified atom stereocenters. The van der Waals surface area contributed by atoms with Gasteiger partial charge in [0, 0.05) is 16.0 Å². The van der Waals surface area contributed by atoms with E-state index in [1.54, 1.807) is 0 Å². The lowest BCUT2D eigenvalue weighted by Crippen LogP contribution is -2.31. The number of nitrogens with one attached hydrogen (secondary N) is 2. The average molecular weight is 422 g/mol. The first-order valence-electron chi connectivity index (χ1n) is 6.92. The molecule has 0 saturated heterocycles. The van der Waals surface area contributed by atoms with Crippen LogP contribution in [0.25, 0.3) is 0 Å². The minimum atomic E-state index is -4.61. The molecular formula is C16H13BrClF3N2O. The van der Waals surface area contributed by atoms with Gasteiger partial charge in [0.15, 0.2) is 0 Å². The molecule has 2 rings (SSSR count). The Hall–Kier alpha value is -1.73. The molecular weight excluding hydrogens is 409 g/mol. The first kappa shape index (κ1) is 18.6. The fourth-order valence-corrected chi connectivity index (χ4v) is 2.69. The van der Waals surface area contributed by atoms with Crippen molar-refractivity contribution in [1.82, 2.24) is 5.32 Å². The molecule has 2 aromatic carbocycles. The lowest BCUT2D eigenvalue weighted by Gasteiger charge is -2.14. The van der Waals surface area contributed by atoms with Crippen LogP contribution in [0.3, 0.4) is 0 Å². The number of amides is 2. The maximum atomic E-state index is 13.0. The minimum Gasteiger partial charge on any atom is -0.338 e. The third-order valence-electron chi connectivity index (χ3n) is 3.17. The van der Waals surface area contributed by atoms with Crippen molar-refractivity contribution in [2.75, 3.05) is 11.9 Å². The number of alkyl halides is 3. The van der Waals surface area contributed by atoms with Gasteiger partial charge in [0.1, 0.15) is 0 Å². The molecule has 0 radical (unpaired) electrons. The molecule has 3 nitrogen and oxygen atoms in total. The van der Waals surface area contributed by atoms with Gasteiger partial charge in [-0.3, -0.25) is 0 Å². The third-order valence-corrected chi connectivity index (χ3v) is 4.18. The van der Waals surface area contributed by atoms with Gasteiger partial charge in [0.25, 0.3) is 0 Å². The highest BCUT2D eigenvalue weighted by molar-refractivity contribution is 9.10. The molecule has 24 heavy (non-hydrogen) atoms. The largest absolute Gasteiger partial charge is 0.418 e. The van der Waals surface area contributed by atoms with E-state index < -0.39 is 17.8 Å². The maximum absolute atomic E-state index is 13.0. The average Bonchev–Trinajstić information content (AvgIpc) is 2.50. The van der Waals surface area contributed by atoms with Gasteiger partial charge in [0.05, 0.1) is 11.3 Å². The van der Waals surface area contributed by atoms with Crippen molar-refractivity contribution >= 4 is 39.2 Å². The Morgan fingerprint density at radius 2 is 1.88 bits per heavy atom. The zero-order valence-electron chi connectivity index (χ0n) is 12.3. The lowest BCUT2D eigenvalue weighted by molar-refractivity contribution is -0.136. The predicted octanol–water partition coefficient (Wildman–Crippen LogP) is 5.49. The van der Waals surface area contributed by atoms with Gasteiger partial charge in [-0.25, -0.2) is 4.79 Å². The molecule has 8 heteroatoms. The molecule has 128 valence electrons. The number of urea groups is 1. The molecule has 0 aliphatic carbocycles. The Morgan fingerprint density at radius 3 is 2.54 bits per heavy atom. The molecule has 0 spiro atoms. The molecule has 2 amide bonds. The summed E-state index contributed by atoms with van der Waals surface area (Å²) in [6, 6.07) is 9.97. The van der Waals surface area contributed by atoms with Gasteiger partial charge in [-0.15, -0.1) is 0 Å². The molecule has 2 aromatic rings. The summed E-state index contributed by atoms with van der Waals surface area (Å²) in [5.74, 6) is 0. The van der Waals surface area contributed by atoms with Crippen LogP contribution in [0.1, 0.15) is 11.1 Å². The van der Waals surface area contributed by atoms with Crippen molar-refractivity contribution in [2.45, 2.75) is 12.6 Å².